The molecule has 0 saturated carbocycles. The molecule has 342 valence electrons. The number of carbonyl (C=O) groups excluding carboxylic acids is 2. The third-order valence-corrected chi connectivity index (χ3v) is 13.0. The lowest BCUT2D eigenvalue weighted by Gasteiger charge is -2.24. The van der Waals surface area contributed by atoms with Gasteiger partial charge < -0.3 is 4.57 Å². The molecule has 9 aromatic carbocycles. The highest BCUT2D eigenvalue weighted by Crippen LogP contribution is 2.48. The minimum Gasteiger partial charge on any atom is -0.308 e. The predicted molar refractivity (Wildman–Crippen MR) is 265 cm³/mol. The Morgan fingerprint density at radius 1 is 0.371 bits per heavy atom. The molecule has 10 heteroatoms. The SMILES string of the molecule is Cc1cc(-c2ccc3c(c2)c2cc(-c4cc(C)cc(C(F)(F)F)c4)ccc2n3-c2cccc3c2C(=O)N(c2c(-c4ccccc4)cc(-c4ccccc4)cc2-c2ccccc2)C3=O)cc(C(F)(F)F)c1. The number of carbonyl (C=O) groups is 2. The summed E-state index contributed by atoms with van der Waals surface area (Å²) in [6.45, 7) is 3.18. The lowest BCUT2D eigenvalue weighted by molar-refractivity contribution is -0.138. The highest BCUT2D eigenvalue weighted by Gasteiger charge is 2.42. The Balaban J connectivity index is 1.15. The molecule has 0 N–H and O–H groups in total. The Hall–Kier alpha value is -8.50. The first kappa shape index (κ1) is 44.0. The molecule has 0 spiro atoms. The van der Waals surface area contributed by atoms with Crippen LogP contribution in [0, 0.1) is 13.8 Å². The second-order valence-corrected chi connectivity index (χ2v) is 17.6. The van der Waals surface area contributed by atoms with Crippen LogP contribution in [0.2, 0.25) is 0 Å². The number of hydrogen-bond donors (Lipinski definition) is 0. The summed E-state index contributed by atoms with van der Waals surface area (Å²) in [6, 6.07) is 56.2. The number of anilines is 1. The molecule has 0 aliphatic carbocycles. The normalized spacial score (nSPS) is 12.9. The number of aromatic nitrogens is 1. The maximum atomic E-state index is 15.6. The minimum absolute atomic E-state index is 0.131. The lowest BCUT2D eigenvalue weighted by Crippen LogP contribution is -2.30. The monoisotopic (exact) mass is 932 g/mol. The van der Waals surface area contributed by atoms with E-state index in [4.69, 9.17) is 0 Å². The average Bonchev–Trinajstić information content (AvgIpc) is 3.82. The molecule has 1 aromatic heterocycles. The van der Waals surface area contributed by atoms with Crippen LogP contribution in [0.25, 0.3) is 83.1 Å². The molecule has 2 amide bonds. The molecule has 0 atom stereocenters. The zero-order valence-electron chi connectivity index (χ0n) is 37.5. The number of alkyl halides is 6. The van der Waals surface area contributed by atoms with E-state index in [1.54, 1.807) is 80.6 Å². The van der Waals surface area contributed by atoms with Gasteiger partial charge in [0.15, 0.2) is 0 Å². The summed E-state index contributed by atoms with van der Waals surface area (Å²) in [5.74, 6) is -1.10. The molecule has 1 aliphatic heterocycles. The summed E-state index contributed by atoms with van der Waals surface area (Å²) >= 11 is 0. The molecule has 0 unspecified atom stereocenters. The first-order valence-electron chi connectivity index (χ1n) is 22.5. The molecule has 10 aromatic rings. The van der Waals surface area contributed by atoms with Crippen molar-refractivity contribution >= 4 is 39.3 Å². The van der Waals surface area contributed by atoms with Crippen LogP contribution in [0.3, 0.4) is 0 Å². The van der Waals surface area contributed by atoms with Gasteiger partial charge in [0.25, 0.3) is 11.8 Å². The summed E-state index contributed by atoms with van der Waals surface area (Å²) in [7, 11) is 0. The van der Waals surface area contributed by atoms with E-state index in [-0.39, 0.29) is 11.1 Å². The fourth-order valence-electron chi connectivity index (χ4n) is 9.87. The third kappa shape index (κ3) is 7.62. The standard InChI is InChI=1S/C60H38F6N2O2/c1-35-25-42(29-45(27-35)59(61,62)63)40-21-23-52-50(31-40)51-32-41(43-26-36(2)28-46(30-43)60(64,65)66)22-24-53(51)67(52)54-20-12-19-47-55(54)58(70)68(57(47)69)56-48(38-15-8-4-9-16-38)33-44(37-13-6-3-7-14-37)34-49(56)39-17-10-5-11-18-39/h3-34H,1-2H3. The van der Waals surface area contributed by atoms with Gasteiger partial charge in [-0.2, -0.15) is 26.3 Å². The fraction of sp³-hybridized carbons (Fsp3) is 0.0667. The van der Waals surface area contributed by atoms with Crippen molar-refractivity contribution in [2.75, 3.05) is 4.90 Å². The molecule has 0 fully saturated rings. The summed E-state index contributed by atoms with van der Waals surface area (Å²) in [5.41, 5.74) is 7.64. The predicted octanol–water partition coefficient (Wildman–Crippen LogP) is 16.6. The Morgan fingerprint density at radius 2 is 0.814 bits per heavy atom. The number of aryl methyl sites for hydroxylation is 2. The number of halogens is 6. The van der Waals surface area contributed by atoms with E-state index in [0.29, 0.717) is 77.7 Å². The van der Waals surface area contributed by atoms with E-state index in [0.717, 1.165) is 46.5 Å². The third-order valence-electron chi connectivity index (χ3n) is 13.0. The summed E-state index contributed by atoms with van der Waals surface area (Å²) in [4.78, 5) is 32.0. The zero-order valence-corrected chi connectivity index (χ0v) is 37.5. The molecule has 0 radical (unpaired) electrons. The number of nitrogens with zero attached hydrogens (tertiary/aromatic N) is 2. The second-order valence-electron chi connectivity index (χ2n) is 17.6. The largest absolute Gasteiger partial charge is 0.416 e. The number of fused-ring (bicyclic) bond motifs is 4. The van der Waals surface area contributed by atoms with Gasteiger partial charge in [0.2, 0.25) is 0 Å². The van der Waals surface area contributed by atoms with Crippen LogP contribution in [0.4, 0.5) is 32.0 Å². The van der Waals surface area contributed by atoms with Crippen molar-refractivity contribution in [2.24, 2.45) is 0 Å². The number of imide groups is 1. The van der Waals surface area contributed by atoms with Crippen molar-refractivity contribution in [1.82, 2.24) is 4.57 Å². The topological polar surface area (TPSA) is 42.3 Å². The van der Waals surface area contributed by atoms with E-state index in [1.165, 1.54) is 4.90 Å². The van der Waals surface area contributed by atoms with Gasteiger partial charge in [-0.1, -0.05) is 121 Å². The molecule has 2 heterocycles. The Labute approximate surface area is 398 Å². The molecule has 4 nitrogen and oxygen atoms in total. The smallest absolute Gasteiger partial charge is 0.308 e. The fourth-order valence-corrected chi connectivity index (χ4v) is 9.87. The first-order chi connectivity index (χ1) is 33.6. The quantitative estimate of drug-likeness (QED) is 0.118. The van der Waals surface area contributed by atoms with E-state index in [9.17, 15) is 26.3 Å². The van der Waals surface area contributed by atoms with Gasteiger partial charge in [-0.3, -0.25) is 9.59 Å². The summed E-state index contributed by atoms with van der Waals surface area (Å²) in [6.07, 6.45) is -9.20. The highest BCUT2D eigenvalue weighted by atomic mass is 19.4. The van der Waals surface area contributed by atoms with Gasteiger partial charge in [-0.15, -0.1) is 0 Å². The second kappa shape index (κ2) is 16.6. The van der Waals surface area contributed by atoms with E-state index in [1.807, 2.05) is 108 Å². The van der Waals surface area contributed by atoms with Crippen molar-refractivity contribution in [3.05, 3.63) is 228 Å². The first-order valence-corrected chi connectivity index (χ1v) is 22.5. The van der Waals surface area contributed by atoms with Crippen LogP contribution in [0.5, 0.6) is 0 Å². The molecular formula is C60H38F6N2O2. The molecule has 0 saturated heterocycles. The van der Waals surface area contributed by atoms with Gasteiger partial charge >= 0.3 is 12.4 Å². The van der Waals surface area contributed by atoms with Crippen LogP contribution in [-0.4, -0.2) is 16.4 Å². The van der Waals surface area contributed by atoms with Gasteiger partial charge in [-0.05, 0) is 142 Å². The van der Waals surface area contributed by atoms with Gasteiger partial charge in [0.05, 0.1) is 44.7 Å². The molecule has 1 aliphatic rings. The molecule has 70 heavy (non-hydrogen) atoms. The maximum absolute atomic E-state index is 15.6. The van der Waals surface area contributed by atoms with Gasteiger partial charge in [0, 0.05) is 21.9 Å². The van der Waals surface area contributed by atoms with Gasteiger partial charge in [-0.25, -0.2) is 4.90 Å². The van der Waals surface area contributed by atoms with Crippen LogP contribution in [-0.2, 0) is 12.4 Å². The van der Waals surface area contributed by atoms with E-state index < -0.39 is 35.3 Å². The maximum Gasteiger partial charge on any atom is 0.416 e. The molecular weight excluding hydrogens is 895 g/mol. The highest BCUT2D eigenvalue weighted by molar-refractivity contribution is 6.37. The van der Waals surface area contributed by atoms with Crippen molar-refractivity contribution < 1.29 is 35.9 Å². The average molecular weight is 933 g/mol. The Bertz CT molecular complexity index is 3560. The van der Waals surface area contributed by atoms with Crippen LogP contribution < -0.4 is 4.90 Å². The zero-order chi connectivity index (χ0) is 48.6. The summed E-state index contributed by atoms with van der Waals surface area (Å²) < 4.78 is 86.6. The molecule has 11 rings (SSSR count). The van der Waals surface area contributed by atoms with Crippen LogP contribution >= 0.6 is 0 Å². The van der Waals surface area contributed by atoms with Crippen LogP contribution in [0.1, 0.15) is 43.0 Å². The van der Waals surface area contributed by atoms with Crippen molar-refractivity contribution in [1.29, 1.82) is 0 Å². The number of rotatable bonds is 7. The summed E-state index contributed by atoms with van der Waals surface area (Å²) in [5, 5.41) is 1.13. The van der Waals surface area contributed by atoms with Crippen LogP contribution in [0.15, 0.2) is 194 Å². The van der Waals surface area contributed by atoms with Crippen molar-refractivity contribution in [2.45, 2.75) is 26.2 Å². The van der Waals surface area contributed by atoms with E-state index >= 15 is 9.59 Å². The Morgan fingerprint density at radius 3 is 1.27 bits per heavy atom. The number of hydrogen-bond acceptors (Lipinski definition) is 2. The van der Waals surface area contributed by atoms with Crippen molar-refractivity contribution in [3.8, 4) is 61.3 Å². The van der Waals surface area contributed by atoms with E-state index in [2.05, 4.69) is 0 Å². The number of amides is 2. The van der Waals surface area contributed by atoms with Crippen molar-refractivity contribution in [3.63, 3.8) is 0 Å². The van der Waals surface area contributed by atoms with Gasteiger partial charge in [0.1, 0.15) is 0 Å². The lowest BCUT2D eigenvalue weighted by atomic mass is 9.90. The Kier molecular flexibility index (Phi) is 10.5. The molecule has 0 bridgehead atoms. The number of benzene rings is 9. The minimum atomic E-state index is -4.60.